The predicted molar refractivity (Wildman–Crippen MR) is 112 cm³/mol. The number of likely N-dealkylation sites (N-methyl/N-ethyl adjacent to an activating group) is 1. The standard InChI is InChI=1S/C21H29N3O5S/c1-3-29-21(28)15-7-4-10-23(13-15)18(25)14-22(2)19(26)16-8-5-11-24(16)20(27)17-9-6-12-30-17/h6,9,12,15-16H,3-5,7-8,10-11,13-14H2,1-2H3/t15?,16-/m0/s1. The van der Waals surface area contributed by atoms with Gasteiger partial charge in [0.1, 0.15) is 6.04 Å². The zero-order valence-electron chi connectivity index (χ0n) is 17.5. The van der Waals surface area contributed by atoms with Crippen LogP contribution in [0.3, 0.4) is 0 Å². The lowest BCUT2D eigenvalue weighted by Gasteiger charge is -2.33. The summed E-state index contributed by atoms with van der Waals surface area (Å²) >= 11 is 1.36. The SMILES string of the molecule is CCOC(=O)C1CCCN(C(=O)CN(C)C(=O)[C@@H]2CCCN2C(=O)c2cccs2)C1. The maximum atomic E-state index is 13.0. The van der Waals surface area contributed by atoms with Crippen molar-refractivity contribution in [3.63, 3.8) is 0 Å². The number of amides is 3. The second kappa shape index (κ2) is 10.1. The molecule has 9 heteroatoms. The molecule has 1 unspecified atom stereocenters. The van der Waals surface area contributed by atoms with Crippen LogP contribution in [0.5, 0.6) is 0 Å². The molecule has 0 aromatic carbocycles. The monoisotopic (exact) mass is 435 g/mol. The first kappa shape index (κ1) is 22.3. The molecule has 2 aliphatic heterocycles. The molecule has 3 amide bonds. The van der Waals surface area contributed by atoms with E-state index in [0.29, 0.717) is 44.0 Å². The minimum absolute atomic E-state index is 0.0636. The van der Waals surface area contributed by atoms with Crippen molar-refractivity contribution in [2.75, 3.05) is 39.8 Å². The van der Waals surface area contributed by atoms with Gasteiger partial charge < -0.3 is 19.4 Å². The highest BCUT2D eigenvalue weighted by atomic mass is 32.1. The van der Waals surface area contributed by atoms with Crippen LogP contribution in [0.4, 0.5) is 0 Å². The van der Waals surface area contributed by atoms with Crippen molar-refractivity contribution in [2.45, 2.75) is 38.6 Å². The molecule has 0 aliphatic carbocycles. The van der Waals surface area contributed by atoms with Crippen LogP contribution in [0, 0.1) is 5.92 Å². The van der Waals surface area contributed by atoms with Crippen LogP contribution < -0.4 is 0 Å². The molecule has 2 aliphatic rings. The van der Waals surface area contributed by atoms with Gasteiger partial charge in [0.15, 0.2) is 0 Å². The molecule has 1 aromatic heterocycles. The number of hydrogen-bond donors (Lipinski definition) is 0. The third-order valence-electron chi connectivity index (χ3n) is 5.67. The van der Waals surface area contributed by atoms with Crippen LogP contribution >= 0.6 is 11.3 Å². The van der Waals surface area contributed by atoms with Crippen LogP contribution in [0.1, 0.15) is 42.3 Å². The molecule has 2 fully saturated rings. The van der Waals surface area contributed by atoms with Gasteiger partial charge in [0.25, 0.3) is 5.91 Å². The van der Waals surface area contributed by atoms with Gasteiger partial charge in [-0.3, -0.25) is 19.2 Å². The van der Waals surface area contributed by atoms with Crippen LogP contribution in [0.25, 0.3) is 0 Å². The van der Waals surface area contributed by atoms with E-state index in [0.717, 1.165) is 12.8 Å². The van der Waals surface area contributed by atoms with Crippen molar-refractivity contribution in [3.8, 4) is 0 Å². The first-order valence-corrected chi connectivity index (χ1v) is 11.3. The summed E-state index contributed by atoms with van der Waals surface area (Å²) in [6, 6.07) is 3.04. The van der Waals surface area contributed by atoms with E-state index in [4.69, 9.17) is 4.74 Å². The van der Waals surface area contributed by atoms with Gasteiger partial charge in [-0.05, 0) is 44.1 Å². The average Bonchev–Trinajstić information content (AvgIpc) is 3.45. The third-order valence-corrected chi connectivity index (χ3v) is 6.53. The highest BCUT2D eigenvalue weighted by Crippen LogP contribution is 2.24. The summed E-state index contributed by atoms with van der Waals surface area (Å²) in [5.41, 5.74) is 0. The molecule has 3 rings (SSSR count). The molecule has 8 nitrogen and oxygen atoms in total. The number of piperidine rings is 1. The molecule has 0 saturated carbocycles. The molecule has 164 valence electrons. The number of nitrogens with zero attached hydrogens (tertiary/aromatic N) is 3. The smallest absolute Gasteiger partial charge is 0.310 e. The summed E-state index contributed by atoms with van der Waals surface area (Å²) in [6.45, 7) is 3.46. The van der Waals surface area contributed by atoms with E-state index in [2.05, 4.69) is 0 Å². The summed E-state index contributed by atoms with van der Waals surface area (Å²) in [4.78, 5) is 55.8. The molecule has 0 radical (unpaired) electrons. The largest absolute Gasteiger partial charge is 0.466 e. The van der Waals surface area contributed by atoms with Crippen LogP contribution in [0.2, 0.25) is 0 Å². The topological polar surface area (TPSA) is 87.2 Å². The van der Waals surface area contributed by atoms with Crippen LogP contribution in [-0.4, -0.2) is 84.3 Å². The Kier molecular flexibility index (Phi) is 7.47. The molecule has 0 N–H and O–H groups in total. The van der Waals surface area contributed by atoms with Gasteiger partial charge in [0.05, 0.1) is 23.9 Å². The zero-order valence-corrected chi connectivity index (χ0v) is 18.4. The normalized spacial score (nSPS) is 21.4. The van der Waals surface area contributed by atoms with Crippen molar-refractivity contribution < 1.29 is 23.9 Å². The maximum Gasteiger partial charge on any atom is 0.310 e. The molecule has 2 atom stereocenters. The quantitative estimate of drug-likeness (QED) is 0.634. The van der Waals surface area contributed by atoms with E-state index in [1.165, 1.54) is 16.2 Å². The fourth-order valence-corrected chi connectivity index (χ4v) is 4.78. The Morgan fingerprint density at radius 1 is 1.20 bits per heavy atom. The summed E-state index contributed by atoms with van der Waals surface area (Å²) in [5.74, 6) is -1.11. The third kappa shape index (κ3) is 5.00. The fourth-order valence-electron chi connectivity index (χ4n) is 4.10. The van der Waals surface area contributed by atoms with E-state index in [1.54, 1.807) is 29.8 Å². The second-order valence-electron chi connectivity index (χ2n) is 7.76. The van der Waals surface area contributed by atoms with Crippen LogP contribution in [0.15, 0.2) is 17.5 Å². The van der Waals surface area contributed by atoms with Gasteiger partial charge in [0, 0.05) is 26.7 Å². The van der Waals surface area contributed by atoms with Crippen molar-refractivity contribution in [2.24, 2.45) is 5.92 Å². The Bertz CT molecular complexity index is 782. The molecular weight excluding hydrogens is 406 g/mol. The molecule has 0 bridgehead atoms. The molecule has 30 heavy (non-hydrogen) atoms. The van der Waals surface area contributed by atoms with Gasteiger partial charge in [-0.15, -0.1) is 11.3 Å². The van der Waals surface area contributed by atoms with Gasteiger partial charge >= 0.3 is 5.97 Å². The van der Waals surface area contributed by atoms with E-state index < -0.39 is 6.04 Å². The molecule has 3 heterocycles. The van der Waals surface area contributed by atoms with Crippen molar-refractivity contribution in [3.05, 3.63) is 22.4 Å². The lowest BCUT2D eigenvalue weighted by Crippen LogP contribution is -2.51. The van der Waals surface area contributed by atoms with Crippen LogP contribution in [-0.2, 0) is 19.1 Å². The van der Waals surface area contributed by atoms with Gasteiger partial charge in [-0.25, -0.2) is 0 Å². The Balaban J connectivity index is 1.57. The number of carbonyl (C=O) groups excluding carboxylic acids is 4. The zero-order chi connectivity index (χ0) is 21.7. The number of esters is 1. The van der Waals surface area contributed by atoms with Crippen molar-refractivity contribution in [1.29, 1.82) is 0 Å². The summed E-state index contributed by atoms with van der Waals surface area (Å²) in [6.07, 6.45) is 2.81. The Morgan fingerprint density at radius 2 is 1.97 bits per heavy atom. The van der Waals surface area contributed by atoms with Gasteiger partial charge in [-0.1, -0.05) is 6.07 Å². The minimum atomic E-state index is -0.536. The lowest BCUT2D eigenvalue weighted by molar-refractivity contribution is -0.152. The predicted octanol–water partition coefficient (Wildman–Crippen LogP) is 1.61. The van der Waals surface area contributed by atoms with Gasteiger partial charge in [-0.2, -0.15) is 0 Å². The summed E-state index contributed by atoms with van der Waals surface area (Å²) in [7, 11) is 1.60. The fraction of sp³-hybridized carbons (Fsp3) is 0.619. The van der Waals surface area contributed by atoms with E-state index in [1.807, 2.05) is 11.4 Å². The highest BCUT2D eigenvalue weighted by Gasteiger charge is 2.37. The number of hydrogen-bond acceptors (Lipinski definition) is 6. The molecular formula is C21H29N3O5S. The lowest BCUT2D eigenvalue weighted by atomic mass is 9.98. The van der Waals surface area contributed by atoms with E-state index in [-0.39, 0.29) is 36.2 Å². The maximum absolute atomic E-state index is 13.0. The van der Waals surface area contributed by atoms with Crippen molar-refractivity contribution in [1.82, 2.24) is 14.7 Å². The molecule has 0 spiro atoms. The number of ether oxygens (including phenoxy) is 1. The van der Waals surface area contributed by atoms with Crippen molar-refractivity contribution >= 4 is 35.0 Å². The number of rotatable bonds is 6. The van der Waals surface area contributed by atoms with E-state index in [9.17, 15) is 19.2 Å². The Labute approximate surface area is 180 Å². The second-order valence-corrected chi connectivity index (χ2v) is 8.71. The Hall–Kier alpha value is -2.42. The van der Waals surface area contributed by atoms with E-state index >= 15 is 0 Å². The first-order valence-electron chi connectivity index (χ1n) is 10.5. The minimum Gasteiger partial charge on any atom is -0.466 e. The molecule has 1 aromatic rings. The summed E-state index contributed by atoms with van der Waals surface area (Å²) < 4.78 is 5.08. The Morgan fingerprint density at radius 3 is 2.67 bits per heavy atom. The molecule has 2 saturated heterocycles. The van der Waals surface area contributed by atoms with Gasteiger partial charge in [0.2, 0.25) is 11.8 Å². The number of thiophene rings is 1. The number of carbonyl (C=O) groups is 4. The average molecular weight is 436 g/mol. The summed E-state index contributed by atoms with van der Waals surface area (Å²) in [5, 5.41) is 1.84. The first-order chi connectivity index (χ1) is 14.4. The number of likely N-dealkylation sites (tertiary alicyclic amines) is 2. The highest BCUT2D eigenvalue weighted by molar-refractivity contribution is 7.12.